The summed E-state index contributed by atoms with van der Waals surface area (Å²) in [7, 11) is 0. The number of halogens is 1. The molecule has 1 aromatic carbocycles. The van der Waals surface area contributed by atoms with Crippen LogP contribution in [0.4, 0.5) is 0 Å². The first-order valence-electron chi connectivity index (χ1n) is 3.58. The van der Waals surface area contributed by atoms with E-state index in [1.807, 2.05) is 24.3 Å². The van der Waals surface area contributed by atoms with E-state index in [9.17, 15) is 0 Å². The van der Waals surface area contributed by atoms with Gasteiger partial charge in [0, 0.05) is 4.47 Å². The second-order valence-electron chi connectivity index (χ2n) is 2.32. The predicted octanol–water partition coefficient (Wildman–Crippen LogP) is 2.60. The van der Waals surface area contributed by atoms with Crippen molar-refractivity contribution in [3.63, 3.8) is 0 Å². The average molecular weight is 225 g/mol. The van der Waals surface area contributed by atoms with Crippen LogP contribution in [0, 0.1) is 12.3 Å². The van der Waals surface area contributed by atoms with E-state index in [4.69, 9.17) is 11.2 Å². The van der Waals surface area contributed by atoms with Crippen LogP contribution in [-0.2, 0) is 11.3 Å². The molecule has 0 saturated carbocycles. The lowest BCUT2D eigenvalue weighted by atomic mass is 10.2. The molecule has 0 unspecified atom stereocenters. The Morgan fingerprint density at radius 1 is 1.33 bits per heavy atom. The van der Waals surface area contributed by atoms with Gasteiger partial charge in [0.25, 0.3) is 0 Å². The van der Waals surface area contributed by atoms with Gasteiger partial charge in [-0.1, -0.05) is 34.0 Å². The monoisotopic (exact) mass is 224 g/mol. The lowest BCUT2D eigenvalue weighted by Crippen LogP contribution is -1.91. The summed E-state index contributed by atoms with van der Waals surface area (Å²) < 4.78 is 6.23. The predicted molar refractivity (Wildman–Crippen MR) is 52.6 cm³/mol. The molecule has 1 rings (SSSR count). The Labute approximate surface area is 80.9 Å². The summed E-state index contributed by atoms with van der Waals surface area (Å²) in [5.74, 6) is 2.42. The molecule has 0 aromatic heterocycles. The third kappa shape index (κ3) is 3.08. The zero-order chi connectivity index (χ0) is 8.81. The minimum absolute atomic E-state index is 0.371. The van der Waals surface area contributed by atoms with Gasteiger partial charge in [0.2, 0.25) is 0 Å². The van der Waals surface area contributed by atoms with Crippen LogP contribution in [0.15, 0.2) is 28.7 Å². The lowest BCUT2D eigenvalue weighted by molar-refractivity contribution is 0.153. The molecule has 0 amide bonds. The molecule has 2 heteroatoms. The van der Waals surface area contributed by atoms with Crippen LogP contribution >= 0.6 is 15.9 Å². The molecule has 0 heterocycles. The van der Waals surface area contributed by atoms with E-state index in [1.165, 1.54) is 0 Å². The summed E-state index contributed by atoms with van der Waals surface area (Å²) in [5.41, 5.74) is 1.13. The maximum Gasteiger partial charge on any atom is 0.107 e. The summed E-state index contributed by atoms with van der Waals surface area (Å²) in [4.78, 5) is 0. The second kappa shape index (κ2) is 4.97. The maximum absolute atomic E-state index is 5.16. The molecule has 62 valence electrons. The van der Waals surface area contributed by atoms with E-state index in [0.717, 1.165) is 10.0 Å². The van der Waals surface area contributed by atoms with Crippen molar-refractivity contribution in [1.82, 2.24) is 0 Å². The molecule has 0 fully saturated rings. The fraction of sp³-hybridized carbons (Fsp3) is 0.200. The van der Waals surface area contributed by atoms with Gasteiger partial charge in [0.1, 0.15) is 6.61 Å². The van der Waals surface area contributed by atoms with E-state index in [2.05, 4.69) is 21.9 Å². The van der Waals surface area contributed by atoms with Crippen LogP contribution in [-0.4, -0.2) is 6.61 Å². The molecule has 0 saturated heterocycles. The normalized spacial score (nSPS) is 9.33. The molecule has 0 N–H and O–H groups in total. The van der Waals surface area contributed by atoms with Gasteiger partial charge in [-0.05, 0) is 17.7 Å². The summed E-state index contributed by atoms with van der Waals surface area (Å²) in [5, 5.41) is 0. The van der Waals surface area contributed by atoms with Crippen molar-refractivity contribution < 1.29 is 4.74 Å². The van der Waals surface area contributed by atoms with Crippen molar-refractivity contribution in [3.05, 3.63) is 34.3 Å². The highest BCUT2D eigenvalue weighted by Crippen LogP contribution is 2.10. The molecular formula is C10H9BrO. The highest BCUT2D eigenvalue weighted by molar-refractivity contribution is 9.10. The van der Waals surface area contributed by atoms with Crippen molar-refractivity contribution in [2.75, 3.05) is 6.61 Å². The third-order valence-corrected chi connectivity index (χ3v) is 1.90. The highest BCUT2D eigenvalue weighted by Gasteiger charge is 1.91. The van der Waals surface area contributed by atoms with Crippen molar-refractivity contribution in [3.8, 4) is 12.3 Å². The van der Waals surface area contributed by atoms with Crippen LogP contribution in [0.5, 0.6) is 0 Å². The quantitative estimate of drug-likeness (QED) is 0.567. The minimum Gasteiger partial charge on any atom is -0.364 e. The number of hydrogen-bond acceptors (Lipinski definition) is 1. The summed E-state index contributed by atoms with van der Waals surface area (Å²) in [6.45, 7) is 0.952. The largest absolute Gasteiger partial charge is 0.364 e. The van der Waals surface area contributed by atoms with Gasteiger partial charge in [-0.2, -0.15) is 0 Å². The maximum atomic E-state index is 5.16. The molecule has 0 spiro atoms. The summed E-state index contributed by atoms with van der Waals surface area (Å²) >= 11 is 3.35. The molecular weight excluding hydrogens is 216 g/mol. The van der Waals surface area contributed by atoms with Crippen LogP contribution in [0.25, 0.3) is 0 Å². The number of ether oxygens (including phenoxy) is 1. The summed E-state index contributed by atoms with van der Waals surface area (Å²) in [6, 6.07) is 7.96. The zero-order valence-corrected chi connectivity index (χ0v) is 8.17. The van der Waals surface area contributed by atoms with E-state index in [0.29, 0.717) is 13.2 Å². The van der Waals surface area contributed by atoms with Crippen LogP contribution < -0.4 is 0 Å². The standard InChI is InChI=1S/C10H9BrO/c1-2-7-12-8-9-3-5-10(11)6-4-9/h1,3-6H,7-8H2. The number of hydrogen-bond donors (Lipinski definition) is 0. The number of rotatable bonds is 3. The molecule has 0 atom stereocenters. The van der Waals surface area contributed by atoms with Crippen molar-refractivity contribution >= 4 is 15.9 Å². The van der Waals surface area contributed by atoms with Crippen LogP contribution in [0.2, 0.25) is 0 Å². The van der Waals surface area contributed by atoms with Crippen molar-refractivity contribution in [1.29, 1.82) is 0 Å². The fourth-order valence-electron chi connectivity index (χ4n) is 0.808. The first kappa shape index (κ1) is 9.31. The Hall–Kier alpha value is -0.780. The Bertz CT molecular complexity index is 271. The first-order valence-corrected chi connectivity index (χ1v) is 4.38. The molecule has 12 heavy (non-hydrogen) atoms. The van der Waals surface area contributed by atoms with Gasteiger partial charge in [-0.3, -0.25) is 0 Å². The van der Waals surface area contributed by atoms with Gasteiger partial charge in [0.15, 0.2) is 0 Å². The Balaban J connectivity index is 2.43. The molecule has 0 bridgehead atoms. The number of terminal acetylenes is 1. The summed E-state index contributed by atoms with van der Waals surface area (Å²) in [6.07, 6.45) is 5.03. The molecule has 0 radical (unpaired) electrons. The zero-order valence-electron chi connectivity index (χ0n) is 6.59. The lowest BCUT2D eigenvalue weighted by Gasteiger charge is -1.99. The molecule has 0 aliphatic carbocycles. The molecule has 0 aliphatic heterocycles. The third-order valence-electron chi connectivity index (χ3n) is 1.37. The highest BCUT2D eigenvalue weighted by atomic mass is 79.9. The SMILES string of the molecule is C#CCOCc1ccc(Br)cc1. The van der Waals surface area contributed by atoms with Crippen molar-refractivity contribution in [2.45, 2.75) is 6.61 Å². The van der Waals surface area contributed by atoms with E-state index >= 15 is 0 Å². The van der Waals surface area contributed by atoms with Crippen molar-refractivity contribution in [2.24, 2.45) is 0 Å². The molecule has 1 nitrogen and oxygen atoms in total. The van der Waals surface area contributed by atoms with Gasteiger partial charge >= 0.3 is 0 Å². The molecule has 1 aromatic rings. The van der Waals surface area contributed by atoms with E-state index < -0.39 is 0 Å². The topological polar surface area (TPSA) is 9.23 Å². The Kier molecular flexibility index (Phi) is 3.86. The average Bonchev–Trinajstić information content (AvgIpc) is 2.09. The fourth-order valence-corrected chi connectivity index (χ4v) is 1.07. The second-order valence-corrected chi connectivity index (χ2v) is 3.24. The van der Waals surface area contributed by atoms with Gasteiger partial charge < -0.3 is 4.74 Å². The van der Waals surface area contributed by atoms with Gasteiger partial charge in [-0.15, -0.1) is 6.42 Å². The van der Waals surface area contributed by atoms with Crippen LogP contribution in [0.3, 0.4) is 0 Å². The number of benzene rings is 1. The minimum atomic E-state index is 0.371. The first-order chi connectivity index (χ1) is 5.83. The van der Waals surface area contributed by atoms with Gasteiger partial charge in [-0.25, -0.2) is 0 Å². The Morgan fingerprint density at radius 3 is 2.58 bits per heavy atom. The van der Waals surface area contributed by atoms with E-state index in [-0.39, 0.29) is 0 Å². The Morgan fingerprint density at radius 2 is 2.00 bits per heavy atom. The molecule has 0 aliphatic rings. The van der Waals surface area contributed by atoms with E-state index in [1.54, 1.807) is 0 Å². The van der Waals surface area contributed by atoms with Crippen LogP contribution in [0.1, 0.15) is 5.56 Å². The van der Waals surface area contributed by atoms with Gasteiger partial charge in [0.05, 0.1) is 6.61 Å². The smallest absolute Gasteiger partial charge is 0.107 e.